The Hall–Kier alpha value is -4.40. The molecular formula is C24H29N3O13. The standard InChI is InChI=1S/C24H29N3O13/c1-13(29)36-19-20(37-14(2)30)22(38-15(3)31)24(40-21(19)23(32)33-4)39-18-11-17(6-5-16(18)12-28)35-10-9-34-8-7-26-27-25/h5-6,11-12,19-22,24H,7-10H2,1-4H3/t19-,20-,21-,22+,24?/m0/s1. The van der Waals surface area contributed by atoms with Gasteiger partial charge in [-0.2, -0.15) is 0 Å². The van der Waals surface area contributed by atoms with Crippen LogP contribution >= 0.6 is 0 Å². The van der Waals surface area contributed by atoms with Crippen molar-refractivity contribution in [3.8, 4) is 11.5 Å². The SMILES string of the molecule is COC(=O)[C@H]1OC(Oc2cc(OCCOCCN=[N+]=[N-])ccc2C=O)[C@H](OC(C)=O)[C@@H](OC(C)=O)[C@@H]1OC(C)=O. The molecule has 0 saturated carbocycles. The summed E-state index contributed by atoms with van der Waals surface area (Å²) in [4.78, 5) is 62.6. The number of hydrogen-bond donors (Lipinski definition) is 0. The lowest BCUT2D eigenvalue weighted by atomic mass is 9.97. The summed E-state index contributed by atoms with van der Waals surface area (Å²) < 4.78 is 43.0. The van der Waals surface area contributed by atoms with Gasteiger partial charge in [0, 0.05) is 38.3 Å². The van der Waals surface area contributed by atoms with E-state index >= 15 is 0 Å². The van der Waals surface area contributed by atoms with Crippen LogP contribution in [-0.2, 0) is 47.6 Å². The fourth-order valence-electron chi connectivity index (χ4n) is 3.57. The minimum absolute atomic E-state index is 0.0314. The van der Waals surface area contributed by atoms with Crippen LogP contribution in [0.4, 0.5) is 0 Å². The highest BCUT2D eigenvalue weighted by atomic mass is 16.7. The minimum Gasteiger partial charge on any atom is -0.491 e. The van der Waals surface area contributed by atoms with E-state index in [1.54, 1.807) is 0 Å². The summed E-state index contributed by atoms with van der Waals surface area (Å²) in [7, 11) is 1.05. The minimum atomic E-state index is -1.67. The molecule has 0 amide bonds. The molecule has 1 fully saturated rings. The lowest BCUT2D eigenvalue weighted by molar-refractivity contribution is -0.282. The molecule has 0 bridgehead atoms. The van der Waals surface area contributed by atoms with E-state index in [0.29, 0.717) is 6.29 Å². The van der Waals surface area contributed by atoms with Gasteiger partial charge in [0.2, 0.25) is 12.4 Å². The fourth-order valence-corrected chi connectivity index (χ4v) is 3.57. The summed E-state index contributed by atoms with van der Waals surface area (Å²) in [6.45, 7) is 3.78. The highest BCUT2D eigenvalue weighted by molar-refractivity contribution is 5.80. The van der Waals surface area contributed by atoms with Crippen molar-refractivity contribution in [2.45, 2.75) is 51.5 Å². The molecule has 1 aliphatic heterocycles. The van der Waals surface area contributed by atoms with Gasteiger partial charge in [0.1, 0.15) is 18.1 Å². The molecule has 40 heavy (non-hydrogen) atoms. The largest absolute Gasteiger partial charge is 0.491 e. The van der Waals surface area contributed by atoms with Gasteiger partial charge in [0.15, 0.2) is 24.6 Å². The first-order valence-corrected chi connectivity index (χ1v) is 11.8. The van der Waals surface area contributed by atoms with Crippen LogP contribution < -0.4 is 9.47 Å². The van der Waals surface area contributed by atoms with Crippen LogP contribution in [0.25, 0.3) is 10.4 Å². The van der Waals surface area contributed by atoms with Crippen molar-refractivity contribution in [1.82, 2.24) is 0 Å². The van der Waals surface area contributed by atoms with Gasteiger partial charge in [-0.1, -0.05) is 5.11 Å². The Bertz CT molecular complexity index is 1120. The molecule has 218 valence electrons. The second kappa shape index (κ2) is 15.9. The second-order valence-corrected chi connectivity index (χ2v) is 8.02. The number of benzene rings is 1. The summed E-state index contributed by atoms with van der Waals surface area (Å²) in [5, 5.41) is 3.34. The normalized spacial score (nSPS) is 21.6. The van der Waals surface area contributed by atoms with E-state index in [1.165, 1.54) is 18.2 Å². The smallest absolute Gasteiger partial charge is 0.339 e. The molecule has 5 atom stereocenters. The number of rotatable bonds is 14. The van der Waals surface area contributed by atoms with Crippen LogP contribution in [0, 0.1) is 0 Å². The number of hydrogen-bond acceptors (Lipinski definition) is 14. The van der Waals surface area contributed by atoms with Gasteiger partial charge in [0.05, 0.1) is 25.9 Å². The van der Waals surface area contributed by atoms with Crippen LogP contribution in [0.1, 0.15) is 31.1 Å². The highest BCUT2D eigenvalue weighted by Crippen LogP contribution is 2.33. The highest BCUT2D eigenvalue weighted by Gasteiger charge is 2.56. The van der Waals surface area contributed by atoms with Gasteiger partial charge in [0.25, 0.3) is 0 Å². The van der Waals surface area contributed by atoms with Crippen molar-refractivity contribution in [1.29, 1.82) is 0 Å². The molecule has 1 unspecified atom stereocenters. The number of carbonyl (C=O) groups excluding carboxylic acids is 5. The van der Waals surface area contributed by atoms with Crippen molar-refractivity contribution in [3.63, 3.8) is 0 Å². The Morgan fingerprint density at radius 3 is 2.23 bits per heavy atom. The van der Waals surface area contributed by atoms with Gasteiger partial charge in [-0.3, -0.25) is 19.2 Å². The average molecular weight is 568 g/mol. The average Bonchev–Trinajstić information content (AvgIpc) is 2.90. The lowest BCUT2D eigenvalue weighted by Crippen LogP contribution is -2.64. The lowest BCUT2D eigenvalue weighted by Gasteiger charge is -2.43. The zero-order chi connectivity index (χ0) is 29.7. The number of esters is 4. The number of aldehydes is 1. The van der Waals surface area contributed by atoms with Crippen molar-refractivity contribution in [3.05, 3.63) is 34.2 Å². The number of nitrogens with zero attached hydrogens (tertiary/aromatic N) is 3. The Morgan fingerprint density at radius 2 is 1.62 bits per heavy atom. The molecule has 1 aromatic rings. The molecule has 1 aromatic carbocycles. The molecule has 0 aromatic heterocycles. The first-order chi connectivity index (χ1) is 19.1. The van der Waals surface area contributed by atoms with Crippen LogP contribution in [-0.4, -0.2) is 94.3 Å². The first kappa shape index (κ1) is 31.8. The Labute approximate surface area is 228 Å². The Morgan fingerprint density at radius 1 is 0.975 bits per heavy atom. The third-order valence-electron chi connectivity index (χ3n) is 5.08. The van der Waals surface area contributed by atoms with Gasteiger partial charge < -0.3 is 37.9 Å². The Balaban J connectivity index is 2.38. The molecule has 0 radical (unpaired) electrons. The molecule has 1 aliphatic rings. The van der Waals surface area contributed by atoms with Crippen molar-refractivity contribution in [2.75, 3.05) is 33.5 Å². The monoisotopic (exact) mass is 567 g/mol. The van der Waals surface area contributed by atoms with Gasteiger partial charge in [-0.25, -0.2) is 4.79 Å². The van der Waals surface area contributed by atoms with Crippen LogP contribution in [0.3, 0.4) is 0 Å². The summed E-state index contributed by atoms with van der Waals surface area (Å²) in [6, 6.07) is 4.20. The maximum absolute atomic E-state index is 12.6. The zero-order valence-electron chi connectivity index (χ0n) is 22.2. The summed E-state index contributed by atoms with van der Waals surface area (Å²) in [5.74, 6) is -3.41. The molecule has 0 aliphatic carbocycles. The second-order valence-electron chi connectivity index (χ2n) is 8.02. The van der Waals surface area contributed by atoms with Crippen LogP contribution in [0.2, 0.25) is 0 Å². The molecule has 16 nitrogen and oxygen atoms in total. The van der Waals surface area contributed by atoms with Crippen LogP contribution in [0.5, 0.6) is 11.5 Å². The maximum Gasteiger partial charge on any atom is 0.339 e. The van der Waals surface area contributed by atoms with E-state index in [9.17, 15) is 24.0 Å². The molecule has 1 saturated heterocycles. The van der Waals surface area contributed by atoms with Crippen molar-refractivity contribution < 1.29 is 61.9 Å². The predicted octanol–water partition coefficient (Wildman–Crippen LogP) is 1.28. The molecule has 0 N–H and O–H groups in total. The third-order valence-corrected chi connectivity index (χ3v) is 5.08. The summed E-state index contributed by atoms with van der Waals surface area (Å²) in [5.41, 5.74) is 8.29. The van der Waals surface area contributed by atoms with E-state index in [2.05, 4.69) is 10.0 Å². The van der Waals surface area contributed by atoms with E-state index in [1.807, 2.05) is 0 Å². The van der Waals surface area contributed by atoms with Crippen molar-refractivity contribution in [2.24, 2.45) is 5.11 Å². The molecule has 0 spiro atoms. The van der Waals surface area contributed by atoms with E-state index < -0.39 is 54.6 Å². The van der Waals surface area contributed by atoms with E-state index in [-0.39, 0.29) is 43.4 Å². The van der Waals surface area contributed by atoms with E-state index in [4.69, 9.17) is 43.4 Å². The molecular weight excluding hydrogens is 538 g/mol. The molecule has 1 heterocycles. The Kier molecular flexibility index (Phi) is 12.6. The summed E-state index contributed by atoms with van der Waals surface area (Å²) in [6.07, 6.45) is -7.53. The zero-order valence-corrected chi connectivity index (χ0v) is 22.2. The topological polar surface area (TPSA) is 208 Å². The fraction of sp³-hybridized carbons (Fsp3) is 0.542. The third kappa shape index (κ3) is 9.41. The number of carbonyl (C=O) groups is 5. The van der Waals surface area contributed by atoms with E-state index in [0.717, 1.165) is 27.9 Å². The summed E-state index contributed by atoms with van der Waals surface area (Å²) >= 11 is 0. The predicted molar refractivity (Wildman–Crippen MR) is 130 cm³/mol. The number of azide groups is 1. The maximum atomic E-state index is 12.6. The molecule has 16 heteroatoms. The van der Waals surface area contributed by atoms with Gasteiger partial charge in [-0.15, -0.1) is 0 Å². The van der Waals surface area contributed by atoms with Gasteiger partial charge in [-0.05, 0) is 17.7 Å². The van der Waals surface area contributed by atoms with Gasteiger partial charge >= 0.3 is 23.9 Å². The number of ether oxygens (including phenoxy) is 8. The quantitative estimate of drug-likeness (QED) is 0.0591. The molecule has 2 rings (SSSR count). The van der Waals surface area contributed by atoms with Crippen LogP contribution in [0.15, 0.2) is 23.3 Å². The first-order valence-electron chi connectivity index (χ1n) is 11.8. The van der Waals surface area contributed by atoms with Crippen molar-refractivity contribution >= 4 is 30.2 Å². The number of methoxy groups -OCH3 is 1.